The Balaban J connectivity index is 1.94. The number of rotatable bonds is 4. The SMILES string of the molecule is Cc1nn(C)c(C)c1NC(=O)COc1ccc(Br)cc1. The van der Waals surface area contributed by atoms with Crippen molar-refractivity contribution < 1.29 is 9.53 Å². The Labute approximate surface area is 126 Å². The monoisotopic (exact) mass is 337 g/mol. The second kappa shape index (κ2) is 6.09. The minimum atomic E-state index is -0.202. The molecule has 0 spiro atoms. The number of halogens is 1. The van der Waals surface area contributed by atoms with Crippen LogP contribution in [0.15, 0.2) is 28.7 Å². The molecule has 20 heavy (non-hydrogen) atoms. The Hall–Kier alpha value is -1.82. The van der Waals surface area contributed by atoms with Gasteiger partial charge in [0.25, 0.3) is 5.91 Å². The van der Waals surface area contributed by atoms with Crippen molar-refractivity contribution in [3.8, 4) is 5.75 Å². The molecule has 0 saturated carbocycles. The number of hydrogen-bond acceptors (Lipinski definition) is 3. The van der Waals surface area contributed by atoms with E-state index in [-0.39, 0.29) is 12.5 Å². The highest BCUT2D eigenvalue weighted by Crippen LogP contribution is 2.19. The fraction of sp³-hybridized carbons (Fsp3) is 0.286. The van der Waals surface area contributed by atoms with Gasteiger partial charge < -0.3 is 10.1 Å². The van der Waals surface area contributed by atoms with Gasteiger partial charge in [0.15, 0.2) is 6.61 Å². The lowest BCUT2D eigenvalue weighted by molar-refractivity contribution is -0.118. The maximum absolute atomic E-state index is 11.9. The molecule has 0 atom stereocenters. The van der Waals surface area contributed by atoms with Gasteiger partial charge in [0, 0.05) is 11.5 Å². The predicted molar refractivity (Wildman–Crippen MR) is 80.9 cm³/mol. The topological polar surface area (TPSA) is 56.2 Å². The molecule has 6 heteroatoms. The van der Waals surface area contributed by atoms with E-state index in [1.807, 2.05) is 33.0 Å². The summed E-state index contributed by atoms with van der Waals surface area (Å²) < 4.78 is 8.13. The maximum atomic E-state index is 11.9. The molecule has 0 aliphatic carbocycles. The Bertz CT molecular complexity index is 620. The molecule has 0 unspecified atom stereocenters. The average Bonchev–Trinajstić information content (AvgIpc) is 2.65. The summed E-state index contributed by atoms with van der Waals surface area (Å²) >= 11 is 3.34. The minimum Gasteiger partial charge on any atom is -0.484 e. The van der Waals surface area contributed by atoms with Crippen molar-refractivity contribution in [1.82, 2.24) is 9.78 Å². The predicted octanol–water partition coefficient (Wildman–Crippen LogP) is 2.82. The first-order valence-corrected chi connectivity index (χ1v) is 6.95. The third-order valence-electron chi connectivity index (χ3n) is 2.96. The Morgan fingerprint density at radius 1 is 1.35 bits per heavy atom. The number of carbonyl (C=O) groups excluding carboxylic acids is 1. The number of nitrogens with one attached hydrogen (secondary N) is 1. The van der Waals surface area contributed by atoms with Crippen LogP contribution in [0.3, 0.4) is 0 Å². The third-order valence-corrected chi connectivity index (χ3v) is 3.49. The number of nitrogens with zero attached hydrogens (tertiary/aromatic N) is 2. The van der Waals surface area contributed by atoms with Gasteiger partial charge in [-0.1, -0.05) is 15.9 Å². The summed E-state index contributed by atoms with van der Waals surface area (Å²) in [5.41, 5.74) is 2.46. The van der Waals surface area contributed by atoms with Gasteiger partial charge in [0.2, 0.25) is 0 Å². The molecular formula is C14H16BrN3O2. The molecule has 1 heterocycles. The summed E-state index contributed by atoms with van der Waals surface area (Å²) in [5, 5.41) is 7.07. The molecule has 2 aromatic rings. The van der Waals surface area contributed by atoms with Crippen molar-refractivity contribution in [2.75, 3.05) is 11.9 Å². The van der Waals surface area contributed by atoms with E-state index in [1.54, 1.807) is 16.8 Å². The first-order valence-electron chi connectivity index (χ1n) is 6.16. The molecule has 0 radical (unpaired) electrons. The standard InChI is InChI=1S/C14H16BrN3O2/c1-9-14(10(2)18(3)17-9)16-13(19)8-20-12-6-4-11(15)5-7-12/h4-7H,8H2,1-3H3,(H,16,19). The fourth-order valence-corrected chi connectivity index (χ4v) is 2.07. The highest BCUT2D eigenvalue weighted by Gasteiger charge is 2.12. The summed E-state index contributed by atoms with van der Waals surface area (Å²) in [4.78, 5) is 11.9. The van der Waals surface area contributed by atoms with Crippen molar-refractivity contribution in [3.63, 3.8) is 0 Å². The summed E-state index contributed by atoms with van der Waals surface area (Å²) in [6.45, 7) is 3.73. The summed E-state index contributed by atoms with van der Waals surface area (Å²) in [6, 6.07) is 7.33. The largest absolute Gasteiger partial charge is 0.484 e. The van der Waals surface area contributed by atoms with E-state index in [2.05, 4.69) is 26.3 Å². The maximum Gasteiger partial charge on any atom is 0.262 e. The van der Waals surface area contributed by atoms with E-state index in [4.69, 9.17) is 4.74 Å². The van der Waals surface area contributed by atoms with Gasteiger partial charge in [-0.15, -0.1) is 0 Å². The number of carbonyl (C=O) groups is 1. The zero-order valence-corrected chi connectivity index (χ0v) is 13.2. The smallest absolute Gasteiger partial charge is 0.262 e. The van der Waals surface area contributed by atoms with Crippen LogP contribution in [-0.4, -0.2) is 22.3 Å². The highest BCUT2D eigenvalue weighted by atomic mass is 79.9. The van der Waals surface area contributed by atoms with Gasteiger partial charge in [0.1, 0.15) is 5.75 Å². The van der Waals surface area contributed by atoms with Crippen LogP contribution in [0.4, 0.5) is 5.69 Å². The Morgan fingerprint density at radius 2 is 2.00 bits per heavy atom. The van der Waals surface area contributed by atoms with Crippen LogP contribution in [-0.2, 0) is 11.8 Å². The summed E-state index contributed by atoms with van der Waals surface area (Å²) in [6.07, 6.45) is 0. The van der Waals surface area contributed by atoms with E-state index < -0.39 is 0 Å². The number of hydrogen-bond donors (Lipinski definition) is 1. The summed E-state index contributed by atoms with van der Waals surface area (Å²) in [5.74, 6) is 0.454. The van der Waals surface area contributed by atoms with Crippen molar-refractivity contribution in [2.24, 2.45) is 7.05 Å². The molecular weight excluding hydrogens is 322 g/mol. The van der Waals surface area contributed by atoms with Crippen molar-refractivity contribution in [1.29, 1.82) is 0 Å². The Morgan fingerprint density at radius 3 is 2.55 bits per heavy atom. The minimum absolute atomic E-state index is 0.0323. The second-order valence-corrected chi connectivity index (χ2v) is 5.38. The molecule has 1 amide bonds. The Kier molecular flexibility index (Phi) is 4.44. The third kappa shape index (κ3) is 3.39. The first-order chi connectivity index (χ1) is 9.47. The van der Waals surface area contributed by atoms with Gasteiger partial charge in [-0.05, 0) is 38.1 Å². The fourth-order valence-electron chi connectivity index (χ4n) is 1.81. The molecule has 0 aliphatic rings. The summed E-state index contributed by atoms with van der Waals surface area (Å²) in [7, 11) is 1.84. The van der Waals surface area contributed by atoms with E-state index in [0.717, 1.165) is 21.5 Å². The van der Waals surface area contributed by atoms with Crippen LogP contribution >= 0.6 is 15.9 Å². The molecule has 0 saturated heterocycles. The van der Waals surface area contributed by atoms with E-state index in [1.165, 1.54) is 0 Å². The van der Waals surface area contributed by atoms with Crippen LogP contribution in [0.2, 0.25) is 0 Å². The van der Waals surface area contributed by atoms with Crippen molar-refractivity contribution in [2.45, 2.75) is 13.8 Å². The number of anilines is 1. The van der Waals surface area contributed by atoms with Crippen LogP contribution in [0, 0.1) is 13.8 Å². The number of benzene rings is 1. The van der Waals surface area contributed by atoms with Gasteiger partial charge in [-0.25, -0.2) is 0 Å². The van der Waals surface area contributed by atoms with Gasteiger partial charge in [0.05, 0.1) is 17.1 Å². The van der Waals surface area contributed by atoms with Crippen LogP contribution in [0.5, 0.6) is 5.75 Å². The molecule has 0 bridgehead atoms. The normalized spacial score (nSPS) is 10.4. The lowest BCUT2D eigenvalue weighted by Gasteiger charge is -2.08. The number of aromatic nitrogens is 2. The van der Waals surface area contributed by atoms with E-state index >= 15 is 0 Å². The molecule has 2 rings (SSSR count). The number of amides is 1. The molecule has 1 N–H and O–H groups in total. The number of aryl methyl sites for hydroxylation is 2. The first kappa shape index (κ1) is 14.6. The van der Waals surface area contributed by atoms with Gasteiger partial charge >= 0.3 is 0 Å². The van der Waals surface area contributed by atoms with Crippen LogP contribution in [0.1, 0.15) is 11.4 Å². The second-order valence-electron chi connectivity index (χ2n) is 4.46. The van der Waals surface area contributed by atoms with Gasteiger partial charge in [-0.2, -0.15) is 5.10 Å². The van der Waals surface area contributed by atoms with Crippen LogP contribution < -0.4 is 10.1 Å². The van der Waals surface area contributed by atoms with Crippen molar-refractivity contribution >= 4 is 27.5 Å². The van der Waals surface area contributed by atoms with E-state index in [0.29, 0.717) is 5.75 Å². The lowest BCUT2D eigenvalue weighted by atomic mass is 10.3. The molecule has 1 aromatic carbocycles. The molecule has 1 aromatic heterocycles. The zero-order valence-electron chi connectivity index (χ0n) is 11.6. The molecule has 0 aliphatic heterocycles. The number of ether oxygens (including phenoxy) is 1. The highest BCUT2D eigenvalue weighted by molar-refractivity contribution is 9.10. The van der Waals surface area contributed by atoms with Crippen molar-refractivity contribution in [3.05, 3.63) is 40.1 Å². The van der Waals surface area contributed by atoms with E-state index in [9.17, 15) is 4.79 Å². The quantitative estimate of drug-likeness (QED) is 0.933. The van der Waals surface area contributed by atoms with Crippen LogP contribution in [0.25, 0.3) is 0 Å². The average molecular weight is 338 g/mol. The molecule has 0 fully saturated rings. The lowest BCUT2D eigenvalue weighted by Crippen LogP contribution is -2.20. The molecule has 5 nitrogen and oxygen atoms in total. The zero-order chi connectivity index (χ0) is 14.7. The molecule has 106 valence electrons. The van der Waals surface area contributed by atoms with Gasteiger partial charge in [-0.3, -0.25) is 9.48 Å².